The molecule has 6 heterocycles. The van der Waals surface area contributed by atoms with Crippen LogP contribution in [0, 0.1) is 11.6 Å². The highest BCUT2D eigenvalue weighted by atomic mass is 35.5. The molecular weight excluding hydrogens is 726 g/mol. The summed E-state index contributed by atoms with van der Waals surface area (Å²) in [5.41, 5.74) is 4.25. The van der Waals surface area contributed by atoms with Crippen LogP contribution < -0.4 is 15.4 Å². The Bertz CT molecular complexity index is 2390. The Morgan fingerprint density at radius 1 is 0.891 bits per heavy atom. The van der Waals surface area contributed by atoms with Crippen molar-refractivity contribution >= 4 is 45.7 Å². The maximum Gasteiger partial charge on any atom is 0.282 e. The van der Waals surface area contributed by atoms with Gasteiger partial charge < -0.3 is 4.90 Å². The van der Waals surface area contributed by atoms with Crippen molar-refractivity contribution in [2.45, 2.75) is 82.7 Å². The lowest BCUT2D eigenvalue weighted by Gasteiger charge is -2.34. The van der Waals surface area contributed by atoms with Crippen molar-refractivity contribution in [3.05, 3.63) is 104 Å². The summed E-state index contributed by atoms with van der Waals surface area (Å²) in [6, 6.07) is 14.8. The van der Waals surface area contributed by atoms with Crippen molar-refractivity contribution in [3.8, 4) is 5.69 Å². The predicted molar refractivity (Wildman–Crippen MR) is 205 cm³/mol. The minimum atomic E-state index is -0.913. The number of carbonyl (C=O) groups is 2. The number of piperidine rings is 3. The standard InChI is InChI=1S/C41H41ClF2N8O3/c1-41(2)29-10-9-25(19-34(29)51-33-6-3-5-30(42)37(33)39(55)45-40(41)51)24-11-15-48(16-12-24)22-26-23-50(47-46-26)27-13-17-49(18-14-27)28-20-31(43)38(32(44)21-28)52-35(53)7-4-8-36(52)54/h3,5-6,9-10,19-21,23-24,27H,4,7-8,11-18,22H2,1-2H3. The summed E-state index contributed by atoms with van der Waals surface area (Å²) in [4.78, 5) is 47.2. The third kappa shape index (κ3) is 6.12. The number of fused-ring (bicyclic) bond motifs is 5. The highest BCUT2D eigenvalue weighted by molar-refractivity contribution is 6.35. The van der Waals surface area contributed by atoms with Crippen molar-refractivity contribution in [1.29, 1.82) is 0 Å². The maximum atomic E-state index is 15.2. The van der Waals surface area contributed by atoms with Crippen LogP contribution in [-0.2, 0) is 21.5 Å². The molecule has 11 nitrogen and oxygen atoms in total. The van der Waals surface area contributed by atoms with Crippen LogP contribution >= 0.6 is 11.6 Å². The van der Waals surface area contributed by atoms with E-state index in [1.807, 2.05) is 27.9 Å². The van der Waals surface area contributed by atoms with Crippen LogP contribution in [0.2, 0.25) is 5.02 Å². The van der Waals surface area contributed by atoms with E-state index in [0.717, 1.165) is 67.1 Å². The number of amides is 2. The molecule has 0 spiro atoms. The number of anilines is 2. The van der Waals surface area contributed by atoms with E-state index >= 15 is 8.78 Å². The molecule has 3 fully saturated rings. The second-order valence-electron chi connectivity index (χ2n) is 15.8. The van der Waals surface area contributed by atoms with Crippen LogP contribution in [0.15, 0.2) is 59.5 Å². The Morgan fingerprint density at radius 2 is 1.60 bits per heavy atom. The summed E-state index contributed by atoms with van der Waals surface area (Å²) in [7, 11) is 0. The van der Waals surface area contributed by atoms with Gasteiger partial charge in [-0.15, -0.1) is 5.10 Å². The third-order valence-corrected chi connectivity index (χ3v) is 12.4. The van der Waals surface area contributed by atoms with Crippen LogP contribution in [0.5, 0.6) is 0 Å². The molecule has 0 radical (unpaired) electrons. The van der Waals surface area contributed by atoms with E-state index in [9.17, 15) is 14.4 Å². The van der Waals surface area contributed by atoms with Crippen molar-refractivity contribution in [2.75, 3.05) is 36.0 Å². The normalized spacial score (nSPS) is 19.4. The van der Waals surface area contributed by atoms with Gasteiger partial charge in [-0.25, -0.2) is 18.4 Å². The predicted octanol–water partition coefficient (Wildman–Crippen LogP) is 6.81. The van der Waals surface area contributed by atoms with Crippen LogP contribution in [0.25, 0.3) is 16.6 Å². The molecule has 0 N–H and O–H groups in total. The Labute approximate surface area is 321 Å². The number of hydrogen-bond acceptors (Lipinski definition) is 8. The van der Waals surface area contributed by atoms with E-state index in [1.165, 1.54) is 17.7 Å². The van der Waals surface area contributed by atoms with Gasteiger partial charge in [-0.05, 0) is 106 Å². The van der Waals surface area contributed by atoms with Gasteiger partial charge in [-0.2, -0.15) is 4.98 Å². The van der Waals surface area contributed by atoms with Gasteiger partial charge in [0.05, 0.1) is 45.0 Å². The number of hydrogen-bond donors (Lipinski definition) is 0. The number of nitrogens with zero attached hydrogens (tertiary/aromatic N) is 8. The van der Waals surface area contributed by atoms with Gasteiger partial charge in [0.15, 0.2) is 11.6 Å². The molecule has 4 aliphatic rings. The number of likely N-dealkylation sites (tertiary alicyclic amines) is 1. The molecule has 5 aromatic rings. The lowest BCUT2D eigenvalue weighted by Crippen LogP contribution is -2.41. The second-order valence-corrected chi connectivity index (χ2v) is 16.2. The van der Waals surface area contributed by atoms with E-state index in [1.54, 1.807) is 6.07 Å². The maximum absolute atomic E-state index is 15.2. The first-order valence-corrected chi connectivity index (χ1v) is 19.4. The van der Waals surface area contributed by atoms with Crippen molar-refractivity contribution in [3.63, 3.8) is 0 Å². The van der Waals surface area contributed by atoms with Crippen LogP contribution in [0.3, 0.4) is 0 Å². The number of rotatable bonds is 6. The minimum absolute atomic E-state index is 0.0899. The molecule has 0 aliphatic carbocycles. The molecule has 284 valence electrons. The molecule has 3 saturated heterocycles. The van der Waals surface area contributed by atoms with Gasteiger partial charge in [0, 0.05) is 38.2 Å². The molecule has 9 rings (SSSR count). The minimum Gasteiger partial charge on any atom is -0.371 e. The quantitative estimate of drug-likeness (QED) is 0.174. The first-order valence-electron chi connectivity index (χ1n) is 19.1. The van der Waals surface area contributed by atoms with E-state index in [0.29, 0.717) is 53.0 Å². The summed E-state index contributed by atoms with van der Waals surface area (Å²) >= 11 is 6.49. The molecule has 2 aromatic heterocycles. The Kier molecular flexibility index (Phi) is 8.84. The number of halogens is 3. The van der Waals surface area contributed by atoms with Crippen molar-refractivity contribution < 1.29 is 18.4 Å². The second kappa shape index (κ2) is 13.6. The topological polar surface area (TPSA) is 109 Å². The van der Waals surface area contributed by atoms with Crippen LogP contribution in [0.4, 0.5) is 20.2 Å². The Morgan fingerprint density at radius 3 is 2.31 bits per heavy atom. The number of carbonyl (C=O) groups excluding carboxylic acids is 2. The van der Waals surface area contributed by atoms with E-state index < -0.39 is 34.6 Å². The number of benzene rings is 3. The van der Waals surface area contributed by atoms with Crippen LogP contribution in [-0.4, -0.2) is 67.4 Å². The number of imide groups is 1. The third-order valence-electron chi connectivity index (χ3n) is 12.1. The summed E-state index contributed by atoms with van der Waals surface area (Å²) in [6.07, 6.45) is 6.04. The molecule has 0 saturated carbocycles. The van der Waals surface area contributed by atoms with E-state index in [-0.39, 0.29) is 24.4 Å². The molecule has 55 heavy (non-hydrogen) atoms. The Hall–Kier alpha value is -5.01. The molecule has 14 heteroatoms. The van der Waals surface area contributed by atoms with Crippen LogP contribution in [0.1, 0.15) is 93.4 Å². The largest absolute Gasteiger partial charge is 0.371 e. The fraction of sp³-hybridized carbons (Fsp3) is 0.415. The SMILES string of the molecule is CC1(C)c2ccc(C3CCN(Cc4cn(C5CCN(c6cc(F)c(N7C(=O)CCCC7=O)c(F)c6)CC5)nn4)CC3)cc2-n2c1nc(=O)c1c(Cl)cccc12. The lowest BCUT2D eigenvalue weighted by atomic mass is 9.83. The molecule has 2 amide bonds. The lowest BCUT2D eigenvalue weighted by molar-refractivity contribution is -0.129. The molecular formula is C41H41ClF2N8O3. The first-order chi connectivity index (χ1) is 26.5. The van der Waals surface area contributed by atoms with Crippen molar-refractivity contribution in [2.24, 2.45) is 0 Å². The zero-order chi connectivity index (χ0) is 38.2. The fourth-order valence-corrected chi connectivity index (χ4v) is 9.33. The van der Waals surface area contributed by atoms with Gasteiger partial charge in [0.2, 0.25) is 11.8 Å². The summed E-state index contributed by atoms with van der Waals surface area (Å²) in [6.45, 7) is 7.91. The smallest absolute Gasteiger partial charge is 0.282 e. The fourth-order valence-electron chi connectivity index (χ4n) is 9.08. The molecule has 0 atom stereocenters. The molecule has 4 aliphatic heterocycles. The highest BCUT2D eigenvalue weighted by Crippen LogP contribution is 2.45. The molecule has 0 unspecified atom stereocenters. The Balaban J connectivity index is 0.825. The van der Waals surface area contributed by atoms with Gasteiger partial charge in [-0.3, -0.25) is 23.9 Å². The summed E-state index contributed by atoms with van der Waals surface area (Å²) < 4.78 is 34.4. The average Bonchev–Trinajstić information content (AvgIpc) is 3.72. The van der Waals surface area contributed by atoms with E-state index in [2.05, 4.69) is 56.8 Å². The molecule has 3 aromatic carbocycles. The average molecular weight is 767 g/mol. The van der Waals surface area contributed by atoms with Crippen molar-refractivity contribution in [1.82, 2.24) is 29.4 Å². The zero-order valence-corrected chi connectivity index (χ0v) is 31.5. The van der Waals surface area contributed by atoms with Gasteiger partial charge in [0.1, 0.15) is 11.5 Å². The van der Waals surface area contributed by atoms with E-state index in [4.69, 9.17) is 11.6 Å². The summed E-state index contributed by atoms with van der Waals surface area (Å²) in [5.74, 6) is -1.86. The zero-order valence-electron chi connectivity index (χ0n) is 30.8. The molecule has 0 bridgehead atoms. The van der Waals surface area contributed by atoms with Gasteiger partial charge >= 0.3 is 0 Å². The first kappa shape index (κ1) is 35.7. The van der Waals surface area contributed by atoms with Gasteiger partial charge in [-0.1, -0.05) is 35.0 Å². The monoisotopic (exact) mass is 766 g/mol. The highest BCUT2D eigenvalue weighted by Gasteiger charge is 2.39. The summed E-state index contributed by atoms with van der Waals surface area (Å²) in [5, 5.41) is 9.82. The van der Waals surface area contributed by atoms with Gasteiger partial charge in [0.25, 0.3) is 5.56 Å². The number of aromatic nitrogens is 5.